The lowest BCUT2D eigenvalue weighted by Gasteiger charge is -2.41. The van der Waals surface area contributed by atoms with E-state index in [-0.39, 0.29) is 0 Å². The van der Waals surface area contributed by atoms with Gasteiger partial charge in [0.15, 0.2) is 0 Å². The van der Waals surface area contributed by atoms with Crippen LogP contribution in [0.5, 0.6) is 0 Å². The van der Waals surface area contributed by atoms with Gasteiger partial charge in [-0.25, -0.2) is 0 Å². The third-order valence-corrected chi connectivity index (χ3v) is 3.13. The van der Waals surface area contributed by atoms with E-state index in [9.17, 15) is 4.79 Å². The number of hydrogen-bond donors (Lipinski definition) is 1. The van der Waals surface area contributed by atoms with Crippen LogP contribution in [0.2, 0.25) is 0 Å². The number of carboxylic acid groups (broad SMARTS) is 1. The van der Waals surface area contributed by atoms with Crippen molar-refractivity contribution in [3.8, 4) is 0 Å². The third-order valence-electron chi connectivity index (χ3n) is 3.13. The number of nitrogens with zero attached hydrogens (tertiary/aromatic N) is 2. The SMILES string of the molecule is CN1CC[N+](C)(CCCC(=O)O)CC1. The second kappa shape index (κ2) is 4.75. The molecule has 4 heteroatoms. The molecule has 0 spiro atoms. The molecule has 0 unspecified atom stereocenters. The largest absolute Gasteiger partial charge is 0.481 e. The number of likely N-dealkylation sites (N-methyl/N-ethyl adjacent to an activating group) is 2. The van der Waals surface area contributed by atoms with Gasteiger partial charge < -0.3 is 9.59 Å². The Balaban J connectivity index is 2.25. The quantitative estimate of drug-likeness (QED) is 0.663. The summed E-state index contributed by atoms with van der Waals surface area (Å²) in [5, 5.41) is 8.55. The van der Waals surface area contributed by atoms with Gasteiger partial charge in [-0.05, 0) is 7.05 Å². The zero-order chi connectivity index (χ0) is 10.6. The van der Waals surface area contributed by atoms with Crippen LogP contribution in [0.25, 0.3) is 0 Å². The van der Waals surface area contributed by atoms with E-state index in [0.717, 1.165) is 43.6 Å². The molecule has 14 heavy (non-hydrogen) atoms. The maximum absolute atomic E-state index is 10.4. The number of hydrogen-bond acceptors (Lipinski definition) is 2. The Morgan fingerprint density at radius 3 is 2.50 bits per heavy atom. The van der Waals surface area contributed by atoms with E-state index in [1.807, 2.05) is 0 Å². The topological polar surface area (TPSA) is 40.5 Å². The predicted molar refractivity (Wildman–Crippen MR) is 55.2 cm³/mol. The standard InChI is InChI=1S/C10H20N2O2/c1-11-5-8-12(2,9-6-11)7-3-4-10(13)14/h3-9H2,1-2H3/p+1. The highest BCUT2D eigenvalue weighted by atomic mass is 16.4. The zero-order valence-corrected chi connectivity index (χ0v) is 9.20. The average Bonchev–Trinajstić information content (AvgIpc) is 2.10. The lowest BCUT2D eigenvalue weighted by molar-refractivity contribution is -0.913. The number of rotatable bonds is 4. The summed E-state index contributed by atoms with van der Waals surface area (Å²) in [5.74, 6) is -0.675. The highest BCUT2D eigenvalue weighted by Gasteiger charge is 2.26. The van der Waals surface area contributed by atoms with Crippen LogP contribution in [-0.4, -0.2) is 67.3 Å². The van der Waals surface area contributed by atoms with Gasteiger partial charge in [0.2, 0.25) is 0 Å². The van der Waals surface area contributed by atoms with Gasteiger partial charge in [0.05, 0.1) is 33.1 Å². The summed E-state index contributed by atoms with van der Waals surface area (Å²) in [7, 11) is 4.37. The Kier molecular flexibility index (Phi) is 3.89. The smallest absolute Gasteiger partial charge is 0.303 e. The number of carbonyl (C=O) groups is 1. The molecule has 0 atom stereocenters. The van der Waals surface area contributed by atoms with E-state index >= 15 is 0 Å². The monoisotopic (exact) mass is 201 g/mol. The first-order valence-corrected chi connectivity index (χ1v) is 5.26. The fourth-order valence-corrected chi connectivity index (χ4v) is 1.88. The minimum Gasteiger partial charge on any atom is -0.481 e. The maximum Gasteiger partial charge on any atom is 0.303 e. The summed E-state index contributed by atoms with van der Waals surface area (Å²) in [6, 6.07) is 0. The highest BCUT2D eigenvalue weighted by Crippen LogP contribution is 2.10. The van der Waals surface area contributed by atoms with Gasteiger partial charge in [-0.1, -0.05) is 0 Å². The minimum atomic E-state index is -0.675. The number of piperazine rings is 1. The van der Waals surface area contributed by atoms with Gasteiger partial charge in [0.25, 0.3) is 0 Å². The lowest BCUT2D eigenvalue weighted by Crippen LogP contribution is -2.56. The Morgan fingerprint density at radius 2 is 2.00 bits per heavy atom. The van der Waals surface area contributed by atoms with Crippen molar-refractivity contribution in [1.29, 1.82) is 0 Å². The van der Waals surface area contributed by atoms with Crippen LogP contribution in [0.4, 0.5) is 0 Å². The maximum atomic E-state index is 10.4. The predicted octanol–water partition coefficient (Wildman–Crippen LogP) is 0.243. The van der Waals surface area contributed by atoms with Crippen LogP contribution in [0, 0.1) is 0 Å². The second-order valence-electron chi connectivity index (χ2n) is 4.59. The van der Waals surface area contributed by atoms with Crippen molar-refractivity contribution in [1.82, 2.24) is 4.90 Å². The summed E-state index contributed by atoms with van der Waals surface area (Å²) >= 11 is 0. The fourth-order valence-electron chi connectivity index (χ4n) is 1.88. The molecule has 0 amide bonds. The molecule has 1 rings (SSSR count). The molecule has 0 radical (unpaired) electrons. The van der Waals surface area contributed by atoms with Gasteiger partial charge in [-0.2, -0.15) is 0 Å². The van der Waals surface area contributed by atoms with Gasteiger partial charge >= 0.3 is 5.97 Å². The van der Waals surface area contributed by atoms with Crippen LogP contribution in [-0.2, 0) is 4.79 Å². The summed E-state index contributed by atoms with van der Waals surface area (Å²) in [6.45, 7) is 5.56. The molecular weight excluding hydrogens is 180 g/mol. The average molecular weight is 201 g/mol. The van der Waals surface area contributed by atoms with E-state index in [1.54, 1.807) is 0 Å². The first-order valence-electron chi connectivity index (χ1n) is 5.26. The van der Waals surface area contributed by atoms with E-state index in [0.29, 0.717) is 6.42 Å². The molecule has 1 heterocycles. The van der Waals surface area contributed by atoms with E-state index in [4.69, 9.17) is 5.11 Å². The Bertz CT molecular complexity index is 198. The van der Waals surface area contributed by atoms with E-state index in [2.05, 4.69) is 19.0 Å². The number of carboxylic acids is 1. The molecule has 1 saturated heterocycles. The van der Waals surface area contributed by atoms with E-state index in [1.165, 1.54) is 0 Å². The lowest BCUT2D eigenvalue weighted by atomic mass is 10.2. The molecular formula is C10H21N2O2+. The van der Waals surface area contributed by atoms with Gasteiger partial charge in [0.1, 0.15) is 0 Å². The second-order valence-corrected chi connectivity index (χ2v) is 4.59. The molecule has 4 nitrogen and oxygen atoms in total. The van der Waals surface area contributed by atoms with Crippen LogP contribution in [0.1, 0.15) is 12.8 Å². The molecule has 0 aromatic heterocycles. The molecule has 0 bridgehead atoms. The number of aliphatic carboxylic acids is 1. The Hall–Kier alpha value is -0.610. The van der Waals surface area contributed by atoms with Gasteiger partial charge in [0, 0.05) is 19.5 Å². The molecule has 82 valence electrons. The van der Waals surface area contributed by atoms with E-state index < -0.39 is 5.97 Å². The summed E-state index contributed by atoms with van der Waals surface area (Å²) in [4.78, 5) is 12.7. The molecule has 0 aromatic carbocycles. The van der Waals surface area contributed by atoms with Crippen molar-refractivity contribution in [2.24, 2.45) is 0 Å². The van der Waals surface area contributed by atoms with Crippen LogP contribution in [0.3, 0.4) is 0 Å². The van der Waals surface area contributed by atoms with Crippen LogP contribution < -0.4 is 0 Å². The summed E-state index contributed by atoms with van der Waals surface area (Å²) in [5.41, 5.74) is 0. The molecule has 1 fully saturated rings. The molecule has 1 N–H and O–H groups in total. The van der Waals surface area contributed by atoms with Crippen molar-refractivity contribution >= 4 is 5.97 Å². The summed E-state index contributed by atoms with van der Waals surface area (Å²) in [6.07, 6.45) is 1.11. The molecule has 0 aliphatic carbocycles. The highest BCUT2D eigenvalue weighted by molar-refractivity contribution is 5.66. The molecule has 0 saturated carbocycles. The van der Waals surface area contributed by atoms with Crippen molar-refractivity contribution in [2.45, 2.75) is 12.8 Å². The zero-order valence-electron chi connectivity index (χ0n) is 9.20. The number of quaternary nitrogens is 1. The first-order chi connectivity index (χ1) is 6.52. The first kappa shape index (κ1) is 11.5. The normalized spacial score (nSPS) is 22.1. The van der Waals surface area contributed by atoms with Crippen molar-refractivity contribution in [3.63, 3.8) is 0 Å². The van der Waals surface area contributed by atoms with Crippen molar-refractivity contribution < 1.29 is 14.4 Å². The molecule has 0 aromatic rings. The molecule has 1 aliphatic heterocycles. The van der Waals surface area contributed by atoms with Crippen LogP contribution >= 0.6 is 0 Å². The minimum absolute atomic E-state index is 0.309. The third kappa shape index (κ3) is 3.64. The Morgan fingerprint density at radius 1 is 1.43 bits per heavy atom. The van der Waals surface area contributed by atoms with Gasteiger partial charge in [-0.3, -0.25) is 9.69 Å². The summed E-state index contributed by atoms with van der Waals surface area (Å²) < 4.78 is 1.04. The Labute approximate surface area is 85.7 Å². The van der Waals surface area contributed by atoms with Gasteiger partial charge in [-0.15, -0.1) is 0 Å². The van der Waals surface area contributed by atoms with Crippen molar-refractivity contribution in [3.05, 3.63) is 0 Å². The fraction of sp³-hybridized carbons (Fsp3) is 0.900. The van der Waals surface area contributed by atoms with Crippen molar-refractivity contribution in [2.75, 3.05) is 46.8 Å². The van der Waals surface area contributed by atoms with Crippen LogP contribution in [0.15, 0.2) is 0 Å². The molecule has 1 aliphatic rings.